The van der Waals surface area contributed by atoms with Crippen molar-refractivity contribution in [3.8, 4) is 0 Å². The zero-order valence-electron chi connectivity index (χ0n) is 9.31. The van der Waals surface area contributed by atoms with Gasteiger partial charge in [-0.1, -0.05) is 52.4 Å². The number of hydrogen-bond donors (Lipinski definition) is 0. The zero-order valence-corrected chi connectivity index (χ0v) is 9.31. The Kier molecular flexibility index (Phi) is 2.67. The minimum absolute atomic E-state index is 0.658. The van der Waals surface area contributed by atoms with Crippen LogP contribution in [0.1, 0.15) is 65.2 Å². The highest BCUT2D eigenvalue weighted by Crippen LogP contribution is 2.45. The highest BCUT2D eigenvalue weighted by atomic mass is 14.4. The van der Waals surface area contributed by atoms with E-state index < -0.39 is 0 Å². The molecule has 76 valence electrons. The van der Waals surface area contributed by atoms with E-state index in [0.717, 1.165) is 11.8 Å². The Bertz CT molecular complexity index is 163. The van der Waals surface area contributed by atoms with E-state index in [0.29, 0.717) is 5.41 Å². The molecule has 0 radical (unpaired) electrons. The van der Waals surface area contributed by atoms with Crippen molar-refractivity contribution in [2.75, 3.05) is 0 Å². The van der Waals surface area contributed by atoms with Gasteiger partial charge in [0.25, 0.3) is 0 Å². The first-order valence-electron chi connectivity index (χ1n) is 6.17. The van der Waals surface area contributed by atoms with Crippen LogP contribution in [-0.2, 0) is 0 Å². The molecule has 0 N–H and O–H groups in total. The second kappa shape index (κ2) is 3.63. The molecule has 2 aliphatic rings. The van der Waals surface area contributed by atoms with Crippen molar-refractivity contribution in [2.45, 2.75) is 65.2 Å². The van der Waals surface area contributed by atoms with Crippen LogP contribution in [0.5, 0.6) is 0 Å². The second-order valence-electron chi connectivity index (χ2n) is 6.07. The van der Waals surface area contributed by atoms with Gasteiger partial charge in [-0.2, -0.15) is 0 Å². The van der Waals surface area contributed by atoms with Gasteiger partial charge in [-0.3, -0.25) is 0 Å². The molecule has 13 heavy (non-hydrogen) atoms. The highest BCUT2D eigenvalue weighted by molar-refractivity contribution is 4.84. The molecule has 1 atom stereocenters. The summed E-state index contributed by atoms with van der Waals surface area (Å²) >= 11 is 0. The van der Waals surface area contributed by atoms with Gasteiger partial charge >= 0.3 is 0 Å². The smallest absolute Gasteiger partial charge is 0.0351 e. The Morgan fingerprint density at radius 1 is 0.846 bits per heavy atom. The molecule has 2 fully saturated rings. The topological polar surface area (TPSA) is 0 Å². The Morgan fingerprint density at radius 2 is 1.46 bits per heavy atom. The van der Waals surface area contributed by atoms with Crippen molar-refractivity contribution in [1.82, 2.24) is 0 Å². The van der Waals surface area contributed by atoms with E-state index in [4.69, 9.17) is 0 Å². The lowest BCUT2D eigenvalue weighted by Crippen LogP contribution is -2.26. The van der Waals surface area contributed by atoms with E-state index in [-0.39, 0.29) is 0 Å². The predicted octanol–water partition coefficient (Wildman–Crippen LogP) is 4.39. The fourth-order valence-electron chi connectivity index (χ4n) is 3.59. The Hall–Kier alpha value is 0. The minimum Gasteiger partial charge on any atom is -0.0599 e. The van der Waals surface area contributed by atoms with Gasteiger partial charge in [0.2, 0.25) is 0 Å². The van der Waals surface area contributed by atoms with Crippen LogP contribution in [0.4, 0.5) is 0 Å². The van der Waals surface area contributed by atoms with Crippen molar-refractivity contribution in [2.24, 2.45) is 17.3 Å². The van der Waals surface area contributed by atoms with Gasteiger partial charge in [0, 0.05) is 0 Å². The lowest BCUT2D eigenvalue weighted by atomic mass is 9.68. The summed E-state index contributed by atoms with van der Waals surface area (Å²) in [4.78, 5) is 0. The summed E-state index contributed by atoms with van der Waals surface area (Å²) in [5, 5.41) is 0. The van der Waals surface area contributed by atoms with Crippen molar-refractivity contribution in [3.63, 3.8) is 0 Å². The van der Waals surface area contributed by atoms with Crippen molar-refractivity contribution >= 4 is 0 Å². The molecule has 0 amide bonds. The number of rotatable bonds is 1. The van der Waals surface area contributed by atoms with Crippen LogP contribution in [0.2, 0.25) is 0 Å². The summed E-state index contributed by atoms with van der Waals surface area (Å²) < 4.78 is 0. The van der Waals surface area contributed by atoms with Gasteiger partial charge in [0.1, 0.15) is 0 Å². The summed E-state index contributed by atoms with van der Waals surface area (Å²) in [7, 11) is 0. The fourth-order valence-corrected chi connectivity index (χ4v) is 3.59. The van der Waals surface area contributed by atoms with Crippen LogP contribution < -0.4 is 0 Å². The monoisotopic (exact) mass is 180 g/mol. The molecule has 2 saturated carbocycles. The minimum atomic E-state index is 0.658. The average molecular weight is 180 g/mol. The Labute approximate surface area is 83.1 Å². The third-order valence-electron chi connectivity index (χ3n) is 4.31. The molecule has 2 rings (SSSR count). The maximum absolute atomic E-state index is 2.47. The van der Waals surface area contributed by atoms with Crippen molar-refractivity contribution in [3.05, 3.63) is 0 Å². The first-order valence-corrected chi connectivity index (χ1v) is 6.17. The van der Waals surface area contributed by atoms with Crippen LogP contribution in [0.25, 0.3) is 0 Å². The molecule has 1 unspecified atom stereocenters. The van der Waals surface area contributed by atoms with Crippen LogP contribution in [0.15, 0.2) is 0 Å². The maximum Gasteiger partial charge on any atom is -0.0351 e. The molecule has 0 bridgehead atoms. The molecule has 0 nitrogen and oxygen atoms in total. The van der Waals surface area contributed by atoms with Crippen molar-refractivity contribution in [1.29, 1.82) is 0 Å². The molecule has 0 aromatic rings. The van der Waals surface area contributed by atoms with E-state index in [9.17, 15) is 0 Å². The first-order chi connectivity index (χ1) is 6.17. The van der Waals surface area contributed by atoms with Crippen molar-refractivity contribution < 1.29 is 0 Å². The van der Waals surface area contributed by atoms with E-state index in [1.807, 2.05) is 0 Å². The standard InChI is InChI=1S/C13H24/c1-13(2)9-5-8-12(10-13)11-6-3-4-7-11/h11-12H,3-10H2,1-2H3. The summed E-state index contributed by atoms with van der Waals surface area (Å²) in [6.07, 6.45) is 12.1. The van der Waals surface area contributed by atoms with Crippen LogP contribution >= 0.6 is 0 Å². The first kappa shape index (κ1) is 9.55. The molecule has 0 heterocycles. The third-order valence-corrected chi connectivity index (χ3v) is 4.31. The van der Waals surface area contributed by atoms with E-state index in [2.05, 4.69) is 13.8 Å². The van der Waals surface area contributed by atoms with Gasteiger partial charge in [0.15, 0.2) is 0 Å². The largest absolute Gasteiger partial charge is 0.0599 e. The van der Waals surface area contributed by atoms with Gasteiger partial charge in [-0.05, 0) is 30.1 Å². The fraction of sp³-hybridized carbons (Fsp3) is 1.00. The summed E-state index contributed by atoms with van der Waals surface area (Å²) in [5.74, 6) is 2.20. The molecule has 0 saturated heterocycles. The maximum atomic E-state index is 2.47. The molecule has 0 aromatic carbocycles. The molecular weight excluding hydrogens is 156 g/mol. The average Bonchev–Trinajstić information content (AvgIpc) is 2.53. The van der Waals surface area contributed by atoms with E-state index in [1.54, 1.807) is 12.8 Å². The van der Waals surface area contributed by atoms with Crippen LogP contribution in [0.3, 0.4) is 0 Å². The quantitative estimate of drug-likeness (QED) is 0.561. The van der Waals surface area contributed by atoms with Gasteiger partial charge in [-0.15, -0.1) is 0 Å². The Morgan fingerprint density at radius 3 is 2.08 bits per heavy atom. The van der Waals surface area contributed by atoms with Gasteiger partial charge < -0.3 is 0 Å². The molecule has 2 aliphatic carbocycles. The lowest BCUT2D eigenvalue weighted by molar-refractivity contribution is 0.135. The molecule has 0 heteroatoms. The summed E-state index contributed by atoms with van der Waals surface area (Å²) in [6.45, 7) is 4.93. The molecule has 0 aliphatic heterocycles. The molecular formula is C13H24. The predicted molar refractivity (Wildman–Crippen MR) is 57.7 cm³/mol. The molecule has 0 aromatic heterocycles. The number of hydrogen-bond acceptors (Lipinski definition) is 0. The van der Waals surface area contributed by atoms with E-state index in [1.165, 1.54) is 38.5 Å². The third kappa shape index (κ3) is 2.27. The van der Waals surface area contributed by atoms with Crippen LogP contribution in [-0.4, -0.2) is 0 Å². The highest BCUT2D eigenvalue weighted by Gasteiger charge is 2.33. The second-order valence-corrected chi connectivity index (χ2v) is 6.07. The Balaban J connectivity index is 1.91. The molecule has 0 spiro atoms. The summed E-state index contributed by atoms with van der Waals surface area (Å²) in [5.41, 5.74) is 0.658. The normalized spacial score (nSPS) is 35.1. The SMILES string of the molecule is CC1(C)CCCC(C2CCCC2)C1. The van der Waals surface area contributed by atoms with Gasteiger partial charge in [-0.25, -0.2) is 0 Å². The zero-order chi connectivity index (χ0) is 9.31. The van der Waals surface area contributed by atoms with Crippen LogP contribution in [0, 0.1) is 17.3 Å². The van der Waals surface area contributed by atoms with Gasteiger partial charge in [0.05, 0.1) is 0 Å². The van der Waals surface area contributed by atoms with E-state index >= 15 is 0 Å². The summed E-state index contributed by atoms with van der Waals surface area (Å²) in [6, 6.07) is 0. The lowest BCUT2D eigenvalue weighted by Gasteiger charge is -2.38.